The van der Waals surface area contributed by atoms with Gasteiger partial charge in [0, 0.05) is 41.3 Å². The van der Waals surface area contributed by atoms with E-state index in [-0.39, 0.29) is 41.6 Å². The number of piperidine rings is 1. The summed E-state index contributed by atoms with van der Waals surface area (Å²) in [4.78, 5) is 50.1. The first-order valence-corrected chi connectivity index (χ1v) is 14.1. The normalized spacial score (nSPS) is 21.9. The molecule has 1 aliphatic carbocycles. The lowest BCUT2D eigenvalue weighted by Crippen LogP contribution is -2.49. The van der Waals surface area contributed by atoms with Crippen molar-refractivity contribution in [2.24, 2.45) is 5.41 Å². The van der Waals surface area contributed by atoms with Crippen molar-refractivity contribution in [2.45, 2.75) is 65.2 Å². The molecule has 6 rings (SSSR count). The second-order valence-corrected chi connectivity index (χ2v) is 11.9. The van der Waals surface area contributed by atoms with Crippen molar-refractivity contribution < 1.29 is 14.4 Å². The fourth-order valence-corrected chi connectivity index (χ4v) is 6.22. The Hall–Kier alpha value is -4.11. The van der Waals surface area contributed by atoms with E-state index in [9.17, 15) is 14.4 Å². The number of hydrogen-bond donors (Lipinski definition) is 1. The maximum absolute atomic E-state index is 13.8. The number of nitrogens with one attached hydrogen (secondary N) is 1. The third-order valence-corrected chi connectivity index (χ3v) is 8.65. The molecule has 0 bridgehead atoms. The molecule has 1 aliphatic heterocycles. The van der Waals surface area contributed by atoms with E-state index in [2.05, 4.69) is 27.3 Å². The summed E-state index contributed by atoms with van der Waals surface area (Å²) in [6.45, 7) is 7.24. The number of aromatic nitrogens is 4. The van der Waals surface area contributed by atoms with E-state index < -0.39 is 6.04 Å². The number of carbonyl (C=O) groups is 3. The number of halogens is 1. The first kappa shape index (κ1) is 27.1. The molecule has 2 amide bonds. The summed E-state index contributed by atoms with van der Waals surface area (Å²) >= 11 is 6.15. The summed E-state index contributed by atoms with van der Waals surface area (Å²) in [6, 6.07) is 12.2. The zero-order valence-corrected chi connectivity index (χ0v) is 24.1. The highest BCUT2D eigenvalue weighted by Gasteiger charge is 2.64. The quantitative estimate of drug-likeness (QED) is 0.316. The highest BCUT2D eigenvalue weighted by Crippen LogP contribution is 2.59. The molecule has 9 nitrogen and oxygen atoms in total. The van der Waals surface area contributed by atoms with Gasteiger partial charge in [0.15, 0.2) is 5.78 Å². The van der Waals surface area contributed by atoms with Gasteiger partial charge in [-0.25, -0.2) is 9.97 Å². The van der Waals surface area contributed by atoms with Gasteiger partial charge < -0.3 is 10.2 Å². The van der Waals surface area contributed by atoms with Gasteiger partial charge in [-0.1, -0.05) is 36.7 Å². The van der Waals surface area contributed by atoms with Gasteiger partial charge >= 0.3 is 0 Å². The minimum Gasteiger partial charge on any atom is -0.348 e. The summed E-state index contributed by atoms with van der Waals surface area (Å²) in [5.74, 6) is 0.105. The molecule has 1 saturated carbocycles. The van der Waals surface area contributed by atoms with Crippen LogP contribution in [0.25, 0.3) is 22.0 Å². The molecule has 0 spiro atoms. The minimum absolute atomic E-state index is 0.00877. The second kappa shape index (κ2) is 10.1. The van der Waals surface area contributed by atoms with Gasteiger partial charge in [-0.2, -0.15) is 5.10 Å². The monoisotopic (exact) mass is 570 g/mol. The largest absolute Gasteiger partial charge is 0.348 e. The van der Waals surface area contributed by atoms with Crippen LogP contribution in [-0.2, 0) is 16.1 Å². The number of Topliss-reactive ketones (excluding diaryl/α,β-unsaturated/α-hetero) is 1. The zero-order valence-electron chi connectivity index (χ0n) is 23.4. The predicted octanol–water partition coefficient (Wildman–Crippen LogP) is 4.91. The number of likely N-dealkylation sites (tertiary alicyclic amines) is 1. The molecule has 2 aliphatic rings. The standard InChI is InChI=1S/C31H31ClN6O3/c1-17(20-6-5-7-23(32)10-20)35-30(41)26-12-31(4)13-27(31)38(26)28(40)16-37-25-9-8-21(22-14-33-19(3)34-15-22)11-24(25)29(36-37)18(2)39/h5-11,14-15,17,26-27H,12-13,16H2,1-4H3,(H,35,41)/t17?,26-,27+,31-/m0/s1. The van der Waals surface area contributed by atoms with Gasteiger partial charge in [0.25, 0.3) is 0 Å². The molecule has 4 atom stereocenters. The van der Waals surface area contributed by atoms with E-state index in [0.717, 1.165) is 23.1 Å². The Morgan fingerprint density at radius 2 is 1.85 bits per heavy atom. The maximum Gasteiger partial charge on any atom is 0.245 e. The van der Waals surface area contributed by atoms with Crippen LogP contribution < -0.4 is 5.32 Å². The van der Waals surface area contributed by atoms with Crippen LogP contribution in [0.4, 0.5) is 0 Å². The van der Waals surface area contributed by atoms with Gasteiger partial charge in [-0.05, 0) is 67.5 Å². The summed E-state index contributed by atoms with van der Waals surface area (Å²) < 4.78 is 1.57. The molecule has 2 aromatic heterocycles. The van der Waals surface area contributed by atoms with Gasteiger partial charge in [-0.15, -0.1) is 0 Å². The number of amides is 2. The molecule has 4 aromatic rings. The highest BCUT2D eigenvalue weighted by molar-refractivity contribution is 6.30. The first-order valence-electron chi connectivity index (χ1n) is 13.7. The van der Waals surface area contributed by atoms with E-state index in [1.54, 1.807) is 28.0 Å². The van der Waals surface area contributed by atoms with Crippen LogP contribution in [0.5, 0.6) is 0 Å². The summed E-state index contributed by atoms with van der Waals surface area (Å²) in [5, 5.41) is 8.88. The number of carbonyl (C=O) groups excluding carboxylic acids is 3. The van der Waals surface area contributed by atoms with E-state index in [0.29, 0.717) is 33.9 Å². The molecule has 2 aromatic carbocycles. The van der Waals surface area contributed by atoms with Crippen molar-refractivity contribution in [3.63, 3.8) is 0 Å². The van der Waals surface area contributed by atoms with Crippen molar-refractivity contribution in [2.75, 3.05) is 0 Å². The van der Waals surface area contributed by atoms with Crippen molar-refractivity contribution in [1.82, 2.24) is 30.0 Å². The van der Waals surface area contributed by atoms with Crippen molar-refractivity contribution in [3.8, 4) is 11.1 Å². The second-order valence-electron chi connectivity index (χ2n) is 11.5. The lowest BCUT2D eigenvalue weighted by Gasteiger charge is -2.28. The molecule has 210 valence electrons. The SMILES string of the molecule is CC(=O)c1nn(CC(=O)N2[C@H](C(=O)NC(C)c3cccc(Cl)c3)C[C@@]3(C)C[C@@H]23)c2ccc(-c3cnc(C)nc3)cc12. The van der Waals surface area contributed by atoms with E-state index in [4.69, 9.17) is 11.6 Å². The number of aryl methyl sites for hydroxylation is 1. The van der Waals surface area contributed by atoms with Crippen LogP contribution in [0.2, 0.25) is 5.02 Å². The summed E-state index contributed by atoms with van der Waals surface area (Å²) in [6.07, 6.45) is 4.96. The van der Waals surface area contributed by atoms with Gasteiger partial charge in [0.2, 0.25) is 11.8 Å². The Kier molecular flexibility index (Phi) is 6.65. The third kappa shape index (κ3) is 4.99. The minimum atomic E-state index is -0.574. The molecule has 1 saturated heterocycles. The Balaban J connectivity index is 1.26. The Morgan fingerprint density at radius 1 is 1.10 bits per heavy atom. The molecular weight excluding hydrogens is 540 g/mol. The third-order valence-electron chi connectivity index (χ3n) is 8.42. The summed E-state index contributed by atoms with van der Waals surface area (Å²) in [5.41, 5.74) is 3.47. The topological polar surface area (TPSA) is 110 Å². The molecule has 1 unspecified atom stereocenters. The maximum atomic E-state index is 13.8. The Morgan fingerprint density at radius 3 is 2.56 bits per heavy atom. The van der Waals surface area contributed by atoms with Crippen LogP contribution >= 0.6 is 11.6 Å². The van der Waals surface area contributed by atoms with Crippen molar-refractivity contribution >= 4 is 40.1 Å². The van der Waals surface area contributed by atoms with Crippen molar-refractivity contribution in [1.29, 1.82) is 0 Å². The fraction of sp³-hybridized carbons (Fsp3) is 0.355. The van der Waals surface area contributed by atoms with E-state index in [1.165, 1.54) is 6.92 Å². The Bertz CT molecular complexity index is 1700. The van der Waals surface area contributed by atoms with Gasteiger partial charge in [0.05, 0.1) is 11.6 Å². The molecule has 0 radical (unpaired) electrons. The number of ketones is 1. The highest BCUT2D eigenvalue weighted by atomic mass is 35.5. The lowest BCUT2D eigenvalue weighted by molar-refractivity contribution is -0.140. The number of nitrogens with zero attached hydrogens (tertiary/aromatic N) is 5. The number of hydrogen-bond acceptors (Lipinski definition) is 6. The molecular formula is C31H31ClN6O3. The summed E-state index contributed by atoms with van der Waals surface area (Å²) in [7, 11) is 0. The molecule has 10 heteroatoms. The first-order chi connectivity index (χ1) is 19.5. The Labute approximate surface area is 242 Å². The average molecular weight is 571 g/mol. The van der Waals surface area contributed by atoms with Gasteiger partial charge in [0.1, 0.15) is 24.1 Å². The fourth-order valence-electron chi connectivity index (χ4n) is 6.02. The van der Waals surface area contributed by atoms with Crippen LogP contribution in [0.1, 0.15) is 61.5 Å². The molecule has 2 fully saturated rings. The number of benzene rings is 2. The number of fused-ring (bicyclic) bond motifs is 2. The molecule has 41 heavy (non-hydrogen) atoms. The molecule has 1 N–H and O–H groups in total. The zero-order chi connectivity index (χ0) is 29.1. The van der Waals surface area contributed by atoms with Crippen LogP contribution in [0.15, 0.2) is 54.9 Å². The van der Waals surface area contributed by atoms with Crippen LogP contribution in [-0.4, -0.2) is 54.3 Å². The van der Waals surface area contributed by atoms with E-state index in [1.807, 2.05) is 50.2 Å². The van der Waals surface area contributed by atoms with Crippen LogP contribution in [0.3, 0.4) is 0 Å². The smallest absolute Gasteiger partial charge is 0.245 e. The lowest BCUT2D eigenvalue weighted by atomic mass is 10.0. The van der Waals surface area contributed by atoms with Crippen LogP contribution in [0, 0.1) is 12.3 Å². The van der Waals surface area contributed by atoms with E-state index >= 15 is 0 Å². The van der Waals surface area contributed by atoms with Gasteiger partial charge in [-0.3, -0.25) is 19.1 Å². The predicted molar refractivity (Wildman–Crippen MR) is 155 cm³/mol. The average Bonchev–Trinajstić information content (AvgIpc) is 3.30. The number of rotatable bonds is 7. The molecule has 3 heterocycles. The van der Waals surface area contributed by atoms with Crippen molar-refractivity contribution in [3.05, 3.63) is 77.0 Å².